The monoisotopic (exact) mass is 125 g/mol. The molecule has 9 heavy (non-hydrogen) atoms. The Morgan fingerprint density at radius 3 is 2.67 bits per heavy atom. The van der Waals surface area contributed by atoms with Crippen LogP contribution in [0.15, 0.2) is 0 Å². The van der Waals surface area contributed by atoms with Gasteiger partial charge < -0.3 is 5.32 Å². The molecule has 0 aliphatic rings. The van der Waals surface area contributed by atoms with E-state index >= 15 is 0 Å². The van der Waals surface area contributed by atoms with Crippen LogP contribution in [0.5, 0.6) is 0 Å². The maximum atomic E-state index is 3.23. The minimum Gasteiger partial charge on any atom is -0.316 e. The van der Waals surface area contributed by atoms with Gasteiger partial charge in [0.25, 0.3) is 0 Å². The van der Waals surface area contributed by atoms with E-state index in [0.29, 0.717) is 5.92 Å². The second-order valence-electron chi connectivity index (χ2n) is 2.10. The van der Waals surface area contributed by atoms with Gasteiger partial charge in [0.2, 0.25) is 0 Å². The zero-order valence-corrected chi connectivity index (χ0v) is 6.49. The van der Waals surface area contributed by atoms with Crippen molar-refractivity contribution < 1.29 is 0 Å². The highest BCUT2D eigenvalue weighted by Gasteiger charge is 1.91. The molecule has 0 aliphatic heterocycles. The van der Waals surface area contributed by atoms with Crippen molar-refractivity contribution in [3.8, 4) is 11.8 Å². The van der Waals surface area contributed by atoms with Gasteiger partial charge in [0.05, 0.1) is 0 Å². The molecule has 0 saturated heterocycles. The van der Waals surface area contributed by atoms with Crippen molar-refractivity contribution in [2.24, 2.45) is 5.92 Å². The van der Waals surface area contributed by atoms with Gasteiger partial charge in [-0.2, -0.15) is 0 Å². The molecule has 1 unspecified atom stereocenters. The summed E-state index contributed by atoms with van der Waals surface area (Å²) in [7, 11) is 0. The Morgan fingerprint density at radius 1 is 1.56 bits per heavy atom. The Hall–Kier alpha value is -0.480. The van der Waals surface area contributed by atoms with Crippen LogP contribution in [0.4, 0.5) is 0 Å². The molecule has 0 aliphatic carbocycles. The van der Waals surface area contributed by atoms with Gasteiger partial charge in [0.1, 0.15) is 0 Å². The summed E-state index contributed by atoms with van der Waals surface area (Å²) in [4.78, 5) is 0. The third kappa shape index (κ3) is 5.39. The number of hydrogen-bond donors (Lipinski definition) is 1. The lowest BCUT2D eigenvalue weighted by atomic mass is 10.2. The molecule has 0 radical (unpaired) electrons. The summed E-state index contributed by atoms with van der Waals surface area (Å²) >= 11 is 0. The number of rotatable bonds is 3. The molecule has 1 heteroatoms. The molecule has 1 atom stereocenters. The smallest absolute Gasteiger partial charge is 0.0299 e. The normalized spacial score (nSPS) is 11.9. The maximum Gasteiger partial charge on any atom is 0.0299 e. The van der Waals surface area contributed by atoms with Gasteiger partial charge in [-0.3, -0.25) is 0 Å². The maximum absolute atomic E-state index is 3.23. The molecule has 0 spiro atoms. The summed E-state index contributed by atoms with van der Waals surface area (Å²) in [6, 6.07) is 0. The molecule has 1 nitrogen and oxygen atoms in total. The van der Waals surface area contributed by atoms with E-state index < -0.39 is 0 Å². The molecule has 0 aromatic rings. The van der Waals surface area contributed by atoms with Crippen LogP contribution in [0.1, 0.15) is 20.8 Å². The topological polar surface area (TPSA) is 12.0 Å². The van der Waals surface area contributed by atoms with Crippen molar-refractivity contribution in [2.75, 3.05) is 13.1 Å². The Morgan fingerprint density at radius 2 is 2.22 bits per heavy atom. The van der Waals surface area contributed by atoms with Crippen LogP contribution in [-0.4, -0.2) is 13.1 Å². The van der Waals surface area contributed by atoms with E-state index in [1.807, 2.05) is 6.92 Å². The molecule has 0 bridgehead atoms. The first-order chi connectivity index (χ1) is 4.31. The van der Waals surface area contributed by atoms with Gasteiger partial charge in [-0.15, -0.1) is 5.92 Å². The molecule has 0 amide bonds. The van der Waals surface area contributed by atoms with Gasteiger partial charge >= 0.3 is 0 Å². The van der Waals surface area contributed by atoms with Crippen molar-refractivity contribution >= 4 is 0 Å². The predicted octanol–water partition coefficient (Wildman–Crippen LogP) is 1.26. The van der Waals surface area contributed by atoms with Crippen LogP contribution >= 0.6 is 0 Å². The summed E-state index contributed by atoms with van der Waals surface area (Å²) in [5.41, 5.74) is 0. The van der Waals surface area contributed by atoms with Crippen LogP contribution < -0.4 is 5.32 Å². The van der Waals surface area contributed by atoms with Gasteiger partial charge in [-0.05, 0) is 13.5 Å². The predicted molar refractivity (Wildman–Crippen MR) is 41.2 cm³/mol. The van der Waals surface area contributed by atoms with E-state index in [9.17, 15) is 0 Å². The van der Waals surface area contributed by atoms with Crippen LogP contribution in [-0.2, 0) is 0 Å². The van der Waals surface area contributed by atoms with E-state index in [-0.39, 0.29) is 0 Å². The summed E-state index contributed by atoms with van der Waals surface area (Å²) in [5, 5.41) is 3.23. The molecular formula is C8H15N. The number of nitrogens with one attached hydrogen (secondary N) is 1. The van der Waals surface area contributed by atoms with E-state index in [1.165, 1.54) is 0 Å². The van der Waals surface area contributed by atoms with Crippen LogP contribution in [0, 0.1) is 17.8 Å². The lowest BCUT2D eigenvalue weighted by Gasteiger charge is -2.02. The minimum absolute atomic E-state index is 0.495. The van der Waals surface area contributed by atoms with Crippen molar-refractivity contribution in [3.05, 3.63) is 0 Å². The van der Waals surface area contributed by atoms with Crippen molar-refractivity contribution in [1.29, 1.82) is 0 Å². The zero-order chi connectivity index (χ0) is 7.11. The van der Waals surface area contributed by atoms with Crippen molar-refractivity contribution in [1.82, 2.24) is 5.32 Å². The van der Waals surface area contributed by atoms with E-state index in [0.717, 1.165) is 13.1 Å². The fraction of sp³-hybridized carbons (Fsp3) is 0.750. The Kier molecular flexibility index (Phi) is 5.35. The van der Waals surface area contributed by atoms with Gasteiger partial charge in [0, 0.05) is 12.5 Å². The van der Waals surface area contributed by atoms with Crippen LogP contribution in [0.25, 0.3) is 0 Å². The van der Waals surface area contributed by atoms with E-state index in [4.69, 9.17) is 0 Å². The second-order valence-corrected chi connectivity index (χ2v) is 2.10. The molecule has 52 valence electrons. The molecule has 0 rings (SSSR count). The Bertz CT molecular complexity index is 107. The van der Waals surface area contributed by atoms with Gasteiger partial charge in [-0.1, -0.05) is 19.8 Å². The fourth-order valence-electron chi connectivity index (χ4n) is 0.658. The zero-order valence-electron chi connectivity index (χ0n) is 6.49. The molecule has 0 aromatic heterocycles. The molecule has 0 heterocycles. The minimum atomic E-state index is 0.495. The highest BCUT2D eigenvalue weighted by Crippen LogP contribution is 1.86. The van der Waals surface area contributed by atoms with Crippen molar-refractivity contribution in [2.45, 2.75) is 20.8 Å². The Labute approximate surface area is 57.8 Å². The fourth-order valence-corrected chi connectivity index (χ4v) is 0.658. The quantitative estimate of drug-likeness (QED) is 0.560. The first-order valence-electron chi connectivity index (χ1n) is 3.44. The molecule has 0 aromatic carbocycles. The van der Waals surface area contributed by atoms with Crippen LogP contribution in [0.3, 0.4) is 0 Å². The lowest BCUT2D eigenvalue weighted by molar-refractivity contribution is 0.625. The van der Waals surface area contributed by atoms with Crippen LogP contribution in [0.2, 0.25) is 0 Å². The average molecular weight is 125 g/mol. The summed E-state index contributed by atoms with van der Waals surface area (Å²) in [5.74, 6) is 6.45. The third-order valence-electron chi connectivity index (χ3n) is 1.09. The number of hydrogen-bond acceptors (Lipinski definition) is 1. The average Bonchev–Trinajstić information content (AvgIpc) is 1.85. The second kappa shape index (κ2) is 5.65. The van der Waals surface area contributed by atoms with Gasteiger partial charge in [-0.25, -0.2) is 0 Å². The summed E-state index contributed by atoms with van der Waals surface area (Å²) in [6.07, 6.45) is 0. The Balaban J connectivity index is 3.23. The molecule has 0 saturated carbocycles. The molecular weight excluding hydrogens is 110 g/mol. The highest BCUT2D eigenvalue weighted by molar-refractivity contribution is 4.99. The third-order valence-corrected chi connectivity index (χ3v) is 1.09. The van der Waals surface area contributed by atoms with Gasteiger partial charge in [0.15, 0.2) is 0 Å². The first-order valence-corrected chi connectivity index (χ1v) is 3.44. The highest BCUT2D eigenvalue weighted by atomic mass is 14.8. The largest absolute Gasteiger partial charge is 0.316 e. The SMILES string of the molecule is CC#CC(C)CNCC. The summed E-state index contributed by atoms with van der Waals surface area (Å²) < 4.78 is 0. The molecule has 0 fully saturated rings. The van der Waals surface area contributed by atoms with Crippen molar-refractivity contribution in [3.63, 3.8) is 0 Å². The standard InChI is InChI=1S/C8H15N/c1-4-6-8(3)7-9-5-2/h8-9H,5,7H2,1-3H3. The summed E-state index contributed by atoms with van der Waals surface area (Å²) in [6.45, 7) is 8.15. The van der Waals surface area contributed by atoms with E-state index in [2.05, 4.69) is 31.0 Å². The lowest BCUT2D eigenvalue weighted by Crippen LogP contribution is -2.19. The molecule has 1 N–H and O–H groups in total. The first kappa shape index (κ1) is 8.52. The van der Waals surface area contributed by atoms with E-state index in [1.54, 1.807) is 0 Å².